The topological polar surface area (TPSA) is 73.7 Å². The molecule has 0 aliphatic heterocycles. The van der Waals surface area contributed by atoms with Crippen LogP contribution in [-0.4, -0.2) is 54.3 Å². The maximum absolute atomic E-state index is 13.2. The van der Waals surface area contributed by atoms with Crippen molar-refractivity contribution in [2.45, 2.75) is 39.8 Å². The molecule has 0 N–H and O–H groups in total. The van der Waals surface area contributed by atoms with Crippen LogP contribution in [0.5, 0.6) is 0 Å². The number of ether oxygens (including phenoxy) is 2. The molecule has 0 radical (unpaired) electrons. The van der Waals surface area contributed by atoms with Crippen LogP contribution in [0, 0.1) is 5.92 Å². The summed E-state index contributed by atoms with van der Waals surface area (Å²) in [5.41, 5.74) is 0.526. The number of amides is 1. The van der Waals surface area contributed by atoms with E-state index in [2.05, 4.69) is 0 Å². The molecule has 0 spiro atoms. The molecule has 7 heteroatoms. The van der Waals surface area contributed by atoms with Gasteiger partial charge in [0.2, 0.25) is 5.91 Å². The molecule has 0 fully saturated rings. The van der Waals surface area contributed by atoms with Gasteiger partial charge in [0.15, 0.2) is 0 Å². The lowest BCUT2D eigenvalue weighted by Gasteiger charge is -2.33. The molecule has 1 unspecified atom stereocenters. The van der Waals surface area contributed by atoms with Gasteiger partial charge in [-0.2, -0.15) is 0 Å². The lowest BCUT2D eigenvalue weighted by atomic mass is 10.1. The highest BCUT2D eigenvalue weighted by Gasteiger charge is 2.29. The Balaban J connectivity index is 2.64. The second kappa shape index (κ2) is 10.3. The van der Waals surface area contributed by atoms with E-state index in [0.717, 1.165) is 0 Å². The van der Waals surface area contributed by atoms with E-state index in [9.17, 15) is 9.59 Å². The van der Waals surface area contributed by atoms with Gasteiger partial charge in [-0.25, -0.2) is 4.98 Å². The molecular weight excluding hydrogens is 358 g/mol. The molecule has 0 saturated heterocycles. The maximum atomic E-state index is 13.2. The quantitative estimate of drug-likeness (QED) is 0.625. The van der Waals surface area contributed by atoms with E-state index in [1.54, 1.807) is 29.8 Å². The van der Waals surface area contributed by atoms with Crippen molar-refractivity contribution in [2.75, 3.05) is 34.0 Å². The molecule has 0 bridgehead atoms. The third kappa shape index (κ3) is 4.77. The Morgan fingerprint density at radius 2 is 1.86 bits per heavy atom. The SMILES string of the molecule is CCC(c1nc2ccccc2c(=O)n1CCOC)N(CCOC)C(=O)C(C)C. The van der Waals surface area contributed by atoms with E-state index < -0.39 is 0 Å². The fraction of sp³-hybridized carbons (Fsp3) is 0.571. The molecular formula is C21H31N3O4. The summed E-state index contributed by atoms with van der Waals surface area (Å²) in [7, 11) is 3.21. The summed E-state index contributed by atoms with van der Waals surface area (Å²) in [5.74, 6) is 0.448. The minimum atomic E-state index is -0.320. The predicted octanol–water partition coefficient (Wildman–Crippen LogP) is 2.63. The summed E-state index contributed by atoms with van der Waals surface area (Å²) in [6, 6.07) is 6.98. The molecule has 1 amide bonds. The molecule has 1 aromatic heterocycles. The van der Waals surface area contributed by atoms with E-state index in [0.29, 0.717) is 49.5 Å². The summed E-state index contributed by atoms with van der Waals surface area (Å²) in [6.45, 7) is 7.39. The van der Waals surface area contributed by atoms with Gasteiger partial charge >= 0.3 is 0 Å². The minimum Gasteiger partial charge on any atom is -0.383 e. The number of rotatable bonds is 10. The van der Waals surface area contributed by atoms with Crippen LogP contribution in [-0.2, 0) is 20.8 Å². The first kappa shape index (κ1) is 22.0. The van der Waals surface area contributed by atoms with Crippen molar-refractivity contribution in [3.8, 4) is 0 Å². The Hall–Kier alpha value is -2.25. The van der Waals surface area contributed by atoms with E-state index in [1.165, 1.54) is 0 Å². The number of hydrogen-bond acceptors (Lipinski definition) is 5. The standard InChI is InChI=1S/C21H31N3O4/c1-6-18(23(11-13-27-4)20(25)15(2)3)19-22-17-10-8-7-9-16(17)21(26)24(19)12-14-28-5/h7-10,15,18H,6,11-14H2,1-5H3. The Labute approximate surface area is 166 Å². The minimum absolute atomic E-state index is 0.0181. The van der Waals surface area contributed by atoms with Crippen molar-refractivity contribution in [3.63, 3.8) is 0 Å². The largest absolute Gasteiger partial charge is 0.383 e. The molecule has 1 aromatic carbocycles. The van der Waals surface area contributed by atoms with Gasteiger partial charge in [0, 0.05) is 26.7 Å². The third-order valence-electron chi connectivity index (χ3n) is 4.78. The lowest BCUT2D eigenvalue weighted by molar-refractivity contribution is -0.138. The van der Waals surface area contributed by atoms with E-state index in [1.807, 2.05) is 39.0 Å². The first-order chi connectivity index (χ1) is 13.5. The molecule has 154 valence electrons. The molecule has 0 aliphatic rings. The molecule has 2 aromatic rings. The van der Waals surface area contributed by atoms with Gasteiger partial charge in [0.1, 0.15) is 5.82 Å². The Morgan fingerprint density at radius 1 is 1.18 bits per heavy atom. The highest BCUT2D eigenvalue weighted by atomic mass is 16.5. The van der Waals surface area contributed by atoms with Crippen LogP contribution in [0.1, 0.15) is 39.1 Å². The molecule has 0 aliphatic carbocycles. The molecule has 1 atom stereocenters. The monoisotopic (exact) mass is 389 g/mol. The van der Waals surface area contributed by atoms with Gasteiger partial charge in [-0.1, -0.05) is 32.9 Å². The number of benzene rings is 1. The molecule has 1 heterocycles. The first-order valence-corrected chi connectivity index (χ1v) is 9.74. The van der Waals surface area contributed by atoms with E-state index in [4.69, 9.17) is 14.5 Å². The van der Waals surface area contributed by atoms with Crippen molar-refractivity contribution in [3.05, 3.63) is 40.4 Å². The van der Waals surface area contributed by atoms with Crippen LogP contribution in [0.4, 0.5) is 0 Å². The molecule has 2 rings (SSSR count). The summed E-state index contributed by atoms with van der Waals surface area (Å²) in [6.07, 6.45) is 0.639. The van der Waals surface area contributed by atoms with Gasteiger partial charge in [-0.15, -0.1) is 0 Å². The van der Waals surface area contributed by atoms with Crippen LogP contribution in [0.3, 0.4) is 0 Å². The third-order valence-corrected chi connectivity index (χ3v) is 4.78. The number of hydrogen-bond donors (Lipinski definition) is 0. The fourth-order valence-electron chi connectivity index (χ4n) is 3.32. The van der Waals surface area contributed by atoms with Gasteiger partial charge < -0.3 is 14.4 Å². The van der Waals surface area contributed by atoms with Crippen LogP contribution in [0.25, 0.3) is 10.9 Å². The van der Waals surface area contributed by atoms with E-state index >= 15 is 0 Å². The zero-order valence-electron chi connectivity index (χ0n) is 17.5. The van der Waals surface area contributed by atoms with Crippen molar-refractivity contribution >= 4 is 16.8 Å². The molecule has 28 heavy (non-hydrogen) atoms. The number of carbonyl (C=O) groups is 1. The van der Waals surface area contributed by atoms with Crippen LogP contribution in [0.15, 0.2) is 29.1 Å². The average molecular weight is 389 g/mol. The second-order valence-electron chi connectivity index (χ2n) is 7.04. The fourth-order valence-corrected chi connectivity index (χ4v) is 3.32. The van der Waals surface area contributed by atoms with Crippen LogP contribution in [0.2, 0.25) is 0 Å². The number of nitrogens with zero attached hydrogens (tertiary/aromatic N) is 3. The zero-order valence-corrected chi connectivity index (χ0v) is 17.5. The average Bonchev–Trinajstić information content (AvgIpc) is 2.70. The highest BCUT2D eigenvalue weighted by molar-refractivity contribution is 5.79. The number of methoxy groups -OCH3 is 2. The Bertz CT molecular complexity index is 847. The van der Waals surface area contributed by atoms with Crippen LogP contribution < -0.4 is 5.56 Å². The number of para-hydroxylation sites is 1. The van der Waals surface area contributed by atoms with Gasteiger partial charge in [-0.3, -0.25) is 14.2 Å². The van der Waals surface area contributed by atoms with Crippen LogP contribution >= 0.6 is 0 Å². The van der Waals surface area contributed by atoms with Crippen molar-refractivity contribution in [1.82, 2.24) is 14.5 Å². The zero-order chi connectivity index (χ0) is 20.7. The van der Waals surface area contributed by atoms with Crippen molar-refractivity contribution in [2.24, 2.45) is 5.92 Å². The second-order valence-corrected chi connectivity index (χ2v) is 7.04. The normalized spacial score (nSPS) is 12.5. The van der Waals surface area contributed by atoms with Crippen molar-refractivity contribution in [1.29, 1.82) is 0 Å². The van der Waals surface area contributed by atoms with Gasteiger partial charge in [0.25, 0.3) is 5.56 Å². The highest BCUT2D eigenvalue weighted by Crippen LogP contribution is 2.25. The van der Waals surface area contributed by atoms with Gasteiger partial charge in [-0.05, 0) is 18.6 Å². The smallest absolute Gasteiger partial charge is 0.261 e. The first-order valence-electron chi connectivity index (χ1n) is 9.74. The summed E-state index contributed by atoms with van der Waals surface area (Å²) in [4.78, 5) is 32.7. The lowest BCUT2D eigenvalue weighted by Crippen LogP contribution is -2.42. The summed E-state index contributed by atoms with van der Waals surface area (Å²) in [5, 5.41) is 0.566. The van der Waals surface area contributed by atoms with Crippen molar-refractivity contribution < 1.29 is 14.3 Å². The number of fused-ring (bicyclic) bond motifs is 1. The molecule has 0 saturated carbocycles. The van der Waals surface area contributed by atoms with E-state index in [-0.39, 0.29) is 23.4 Å². The molecule has 7 nitrogen and oxygen atoms in total. The predicted molar refractivity (Wildman–Crippen MR) is 109 cm³/mol. The summed E-state index contributed by atoms with van der Waals surface area (Å²) < 4.78 is 12.1. The summed E-state index contributed by atoms with van der Waals surface area (Å²) >= 11 is 0. The number of aromatic nitrogens is 2. The number of carbonyl (C=O) groups excluding carboxylic acids is 1. The maximum Gasteiger partial charge on any atom is 0.261 e. The Kier molecular flexibility index (Phi) is 8.14. The van der Waals surface area contributed by atoms with Gasteiger partial charge in [0.05, 0.1) is 36.7 Å². The Morgan fingerprint density at radius 3 is 2.46 bits per heavy atom.